The summed E-state index contributed by atoms with van der Waals surface area (Å²) < 4.78 is 13.2. The van der Waals surface area contributed by atoms with E-state index in [1.165, 1.54) is 0 Å². The molecular formula is C15H26ClN3O2. The van der Waals surface area contributed by atoms with Crippen molar-refractivity contribution in [2.45, 2.75) is 57.7 Å². The first kappa shape index (κ1) is 16.7. The van der Waals surface area contributed by atoms with Crippen molar-refractivity contribution in [1.29, 1.82) is 0 Å². The average molecular weight is 316 g/mol. The van der Waals surface area contributed by atoms with Crippen molar-refractivity contribution >= 4 is 11.6 Å². The fourth-order valence-corrected chi connectivity index (χ4v) is 3.40. The quantitative estimate of drug-likeness (QED) is 0.874. The number of hydrogen-bond acceptors (Lipinski definition) is 4. The summed E-state index contributed by atoms with van der Waals surface area (Å²) in [4.78, 5) is 0. The Labute approximate surface area is 131 Å². The van der Waals surface area contributed by atoms with Gasteiger partial charge in [0.05, 0.1) is 22.0 Å². The number of hydrogen-bond donors (Lipinski definition) is 1. The lowest BCUT2D eigenvalue weighted by atomic mass is 9.84. The van der Waals surface area contributed by atoms with Gasteiger partial charge in [0, 0.05) is 52.2 Å². The predicted molar refractivity (Wildman–Crippen MR) is 83.8 cm³/mol. The highest BCUT2D eigenvalue weighted by Crippen LogP contribution is 2.31. The number of halogens is 1. The molecule has 0 bridgehead atoms. The first-order valence-electron chi connectivity index (χ1n) is 7.70. The van der Waals surface area contributed by atoms with Gasteiger partial charge in [-0.05, 0) is 13.3 Å². The minimum atomic E-state index is -0.323. The van der Waals surface area contributed by atoms with Crippen LogP contribution in [-0.2, 0) is 28.9 Å². The zero-order valence-electron chi connectivity index (χ0n) is 13.2. The van der Waals surface area contributed by atoms with E-state index in [0.29, 0.717) is 19.6 Å². The van der Waals surface area contributed by atoms with Gasteiger partial charge in [-0.3, -0.25) is 4.68 Å². The Hall–Kier alpha value is -0.620. The molecule has 1 saturated heterocycles. The van der Waals surface area contributed by atoms with Crippen LogP contribution in [0.25, 0.3) is 0 Å². The molecule has 120 valence electrons. The van der Waals surface area contributed by atoms with Crippen molar-refractivity contribution in [3.05, 3.63) is 16.4 Å². The lowest BCUT2D eigenvalue weighted by molar-refractivity contribution is -0.104. The molecule has 0 aliphatic carbocycles. The number of ether oxygens (including phenoxy) is 2. The molecule has 1 atom stereocenters. The van der Waals surface area contributed by atoms with Crippen LogP contribution in [0.15, 0.2) is 0 Å². The third-order valence-electron chi connectivity index (χ3n) is 4.53. The molecule has 2 heterocycles. The number of methoxy groups -OCH3 is 1. The summed E-state index contributed by atoms with van der Waals surface area (Å²) in [5.41, 5.74) is 8.13. The van der Waals surface area contributed by atoms with Crippen molar-refractivity contribution in [2.24, 2.45) is 5.73 Å². The maximum Gasteiger partial charge on any atom is 0.0876 e. The highest BCUT2D eigenvalue weighted by atomic mass is 35.5. The lowest BCUT2D eigenvalue weighted by Gasteiger charge is -2.40. The summed E-state index contributed by atoms with van der Waals surface area (Å²) in [5, 5.41) is 5.31. The van der Waals surface area contributed by atoms with Gasteiger partial charge >= 0.3 is 0 Å². The van der Waals surface area contributed by atoms with E-state index in [2.05, 4.69) is 18.9 Å². The van der Waals surface area contributed by atoms with Gasteiger partial charge in [0.25, 0.3) is 0 Å². The summed E-state index contributed by atoms with van der Waals surface area (Å²) >= 11 is 6.48. The van der Waals surface area contributed by atoms with E-state index in [9.17, 15) is 0 Å². The predicted octanol–water partition coefficient (Wildman–Crippen LogP) is 2.18. The van der Waals surface area contributed by atoms with E-state index in [1.807, 2.05) is 4.68 Å². The van der Waals surface area contributed by atoms with Crippen molar-refractivity contribution in [2.75, 3.05) is 20.3 Å². The highest BCUT2D eigenvalue weighted by molar-refractivity contribution is 6.31. The summed E-state index contributed by atoms with van der Waals surface area (Å²) in [6.45, 7) is 6.32. The van der Waals surface area contributed by atoms with Crippen LogP contribution in [0.2, 0.25) is 5.02 Å². The Morgan fingerprint density at radius 3 is 2.62 bits per heavy atom. The Morgan fingerprint density at radius 2 is 2.10 bits per heavy atom. The Balaban J connectivity index is 2.22. The molecule has 0 radical (unpaired) electrons. The third-order valence-corrected chi connectivity index (χ3v) is 4.97. The van der Waals surface area contributed by atoms with Gasteiger partial charge in [-0.2, -0.15) is 5.10 Å². The second kappa shape index (κ2) is 7.09. The van der Waals surface area contributed by atoms with Crippen molar-refractivity contribution < 1.29 is 9.47 Å². The molecule has 1 aliphatic rings. The van der Waals surface area contributed by atoms with Crippen LogP contribution in [0.3, 0.4) is 0 Å². The third kappa shape index (κ3) is 3.26. The van der Waals surface area contributed by atoms with E-state index in [0.717, 1.165) is 42.2 Å². The van der Waals surface area contributed by atoms with Gasteiger partial charge < -0.3 is 15.2 Å². The molecule has 1 aliphatic heterocycles. The van der Waals surface area contributed by atoms with Gasteiger partial charge in [-0.25, -0.2) is 0 Å². The molecule has 0 spiro atoms. The maximum absolute atomic E-state index is 6.49. The molecular weight excluding hydrogens is 290 g/mol. The molecule has 1 aromatic heterocycles. The van der Waals surface area contributed by atoms with E-state index in [4.69, 9.17) is 26.8 Å². The molecule has 2 N–H and O–H groups in total. The smallest absolute Gasteiger partial charge is 0.0876 e. The van der Waals surface area contributed by atoms with Crippen LogP contribution in [0.1, 0.15) is 38.1 Å². The molecule has 1 aromatic rings. The lowest BCUT2D eigenvalue weighted by Crippen LogP contribution is -2.54. The maximum atomic E-state index is 6.49. The van der Waals surface area contributed by atoms with Crippen LogP contribution < -0.4 is 5.73 Å². The monoisotopic (exact) mass is 315 g/mol. The SMILES string of the molecule is CCc1nn(CC)c(CC(N)C2(OC)CCOCC2)c1Cl. The first-order valence-corrected chi connectivity index (χ1v) is 8.08. The largest absolute Gasteiger partial charge is 0.381 e. The van der Waals surface area contributed by atoms with Gasteiger partial charge in [-0.1, -0.05) is 18.5 Å². The Bertz CT molecular complexity index is 470. The minimum absolute atomic E-state index is 0.115. The molecule has 0 aromatic carbocycles. The van der Waals surface area contributed by atoms with Crippen molar-refractivity contribution in [3.63, 3.8) is 0 Å². The zero-order chi connectivity index (χ0) is 15.5. The number of aryl methyl sites for hydroxylation is 2. The zero-order valence-corrected chi connectivity index (χ0v) is 13.9. The second-order valence-corrected chi connectivity index (χ2v) is 5.95. The number of rotatable bonds is 6. The van der Waals surface area contributed by atoms with E-state index in [1.54, 1.807) is 7.11 Å². The van der Waals surface area contributed by atoms with E-state index < -0.39 is 0 Å². The molecule has 5 nitrogen and oxygen atoms in total. The summed E-state index contributed by atoms with van der Waals surface area (Å²) in [6.07, 6.45) is 3.15. The van der Waals surface area contributed by atoms with Gasteiger partial charge in [0.1, 0.15) is 0 Å². The van der Waals surface area contributed by atoms with Crippen molar-refractivity contribution in [3.8, 4) is 0 Å². The van der Waals surface area contributed by atoms with Gasteiger partial charge in [0.15, 0.2) is 0 Å². The molecule has 6 heteroatoms. The first-order chi connectivity index (χ1) is 10.1. The van der Waals surface area contributed by atoms with Crippen LogP contribution >= 0.6 is 11.6 Å². The second-order valence-electron chi connectivity index (χ2n) is 5.57. The Kier molecular flexibility index (Phi) is 5.66. The van der Waals surface area contributed by atoms with Gasteiger partial charge in [-0.15, -0.1) is 0 Å². The molecule has 1 fully saturated rings. The average Bonchev–Trinajstić information content (AvgIpc) is 2.83. The standard InChI is InChI=1S/C15H26ClN3O2/c1-4-11-14(16)12(19(5-2)18-11)10-13(17)15(20-3)6-8-21-9-7-15/h13H,4-10,17H2,1-3H3. The van der Waals surface area contributed by atoms with Crippen LogP contribution in [0, 0.1) is 0 Å². The summed E-state index contributed by atoms with van der Waals surface area (Å²) in [6, 6.07) is -0.115. The van der Waals surface area contributed by atoms with E-state index in [-0.39, 0.29) is 11.6 Å². The summed E-state index contributed by atoms with van der Waals surface area (Å²) in [7, 11) is 1.74. The molecule has 21 heavy (non-hydrogen) atoms. The van der Waals surface area contributed by atoms with Crippen molar-refractivity contribution in [1.82, 2.24) is 9.78 Å². The normalized spacial score (nSPS) is 19.7. The topological polar surface area (TPSA) is 62.3 Å². The number of aromatic nitrogens is 2. The fourth-order valence-electron chi connectivity index (χ4n) is 3.05. The fraction of sp³-hybridized carbons (Fsp3) is 0.800. The van der Waals surface area contributed by atoms with Crippen LogP contribution in [-0.4, -0.2) is 41.7 Å². The van der Waals surface area contributed by atoms with Crippen LogP contribution in [0.4, 0.5) is 0 Å². The highest BCUT2D eigenvalue weighted by Gasteiger charge is 2.39. The minimum Gasteiger partial charge on any atom is -0.381 e. The molecule has 2 rings (SSSR count). The Morgan fingerprint density at radius 1 is 1.43 bits per heavy atom. The van der Waals surface area contributed by atoms with Crippen LogP contribution in [0.5, 0.6) is 0 Å². The van der Waals surface area contributed by atoms with Gasteiger partial charge in [0.2, 0.25) is 0 Å². The number of nitrogens with two attached hydrogens (primary N) is 1. The molecule has 1 unspecified atom stereocenters. The summed E-state index contributed by atoms with van der Waals surface area (Å²) in [5.74, 6) is 0. The molecule has 0 amide bonds. The molecule has 0 saturated carbocycles. The van der Waals surface area contributed by atoms with E-state index >= 15 is 0 Å². The number of nitrogens with zero attached hydrogens (tertiary/aromatic N) is 2.